The number of fused-ring (bicyclic) bond motifs is 4. The van der Waals surface area contributed by atoms with Crippen molar-refractivity contribution >= 4 is 27.6 Å². The van der Waals surface area contributed by atoms with Crippen molar-refractivity contribution in [2.75, 3.05) is 5.32 Å². The minimum Gasteiger partial charge on any atom is -0.314 e. The Morgan fingerprint density at radius 2 is 2.29 bits per heavy atom. The first-order valence-electron chi connectivity index (χ1n) is 7.75. The van der Waals surface area contributed by atoms with E-state index in [0.29, 0.717) is 15.7 Å². The number of nitrogens with zero attached hydrogens (tertiary/aromatic N) is 4. The summed E-state index contributed by atoms with van der Waals surface area (Å²) in [7, 11) is 0. The van der Waals surface area contributed by atoms with Crippen LogP contribution in [-0.4, -0.2) is 26.9 Å². The molecule has 24 heavy (non-hydrogen) atoms. The number of aromatic nitrogens is 2. The second-order valence-electron chi connectivity index (χ2n) is 6.02. The van der Waals surface area contributed by atoms with Gasteiger partial charge in [-0.1, -0.05) is 0 Å². The SMILES string of the molecule is N#Cc1ccc(NC(=O)N2C3CCC2c2cncnc2C3)cc1Br. The van der Waals surface area contributed by atoms with Crippen LogP contribution in [0.15, 0.2) is 35.2 Å². The van der Waals surface area contributed by atoms with Gasteiger partial charge in [0.1, 0.15) is 12.4 Å². The summed E-state index contributed by atoms with van der Waals surface area (Å²) in [6.07, 6.45) is 6.09. The Hall–Kier alpha value is -2.46. The molecule has 2 atom stereocenters. The second-order valence-corrected chi connectivity index (χ2v) is 6.87. The predicted molar refractivity (Wildman–Crippen MR) is 91.2 cm³/mol. The van der Waals surface area contributed by atoms with Gasteiger partial charge in [-0.2, -0.15) is 5.26 Å². The zero-order valence-corrected chi connectivity index (χ0v) is 14.3. The number of nitrogens with one attached hydrogen (secondary N) is 1. The molecule has 1 aromatic heterocycles. The Bertz CT molecular complexity index is 862. The van der Waals surface area contributed by atoms with Crippen LogP contribution in [0.25, 0.3) is 0 Å². The second kappa shape index (κ2) is 5.87. The van der Waals surface area contributed by atoms with E-state index in [1.54, 1.807) is 24.5 Å². The summed E-state index contributed by atoms with van der Waals surface area (Å²) in [6, 6.07) is 7.37. The summed E-state index contributed by atoms with van der Waals surface area (Å²) >= 11 is 3.35. The third kappa shape index (κ3) is 2.43. The molecule has 2 aromatic rings. The van der Waals surface area contributed by atoms with E-state index in [1.165, 1.54) is 0 Å². The van der Waals surface area contributed by atoms with Gasteiger partial charge in [0.05, 0.1) is 17.3 Å². The molecule has 2 unspecified atom stereocenters. The van der Waals surface area contributed by atoms with Crippen molar-refractivity contribution in [2.45, 2.75) is 31.3 Å². The molecule has 2 aliphatic heterocycles. The average molecular weight is 384 g/mol. The highest BCUT2D eigenvalue weighted by Crippen LogP contribution is 2.42. The fourth-order valence-corrected chi connectivity index (χ4v) is 4.07. The summed E-state index contributed by atoms with van der Waals surface area (Å²) in [4.78, 5) is 23.2. The van der Waals surface area contributed by atoms with Gasteiger partial charge in [-0.3, -0.25) is 0 Å². The van der Waals surface area contributed by atoms with Crippen molar-refractivity contribution < 1.29 is 4.79 Å². The molecule has 4 rings (SSSR count). The molecule has 2 bridgehead atoms. The predicted octanol–water partition coefficient (Wildman–Crippen LogP) is 3.40. The van der Waals surface area contributed by atoms with E-state index < -0.39 is 0 Å². The van der Waals surface area contributed by atoms with Crippen LogP contribution in [-0.2, 0) is 6.42 Å². The number of rotatable bonds is 1. The van der Waals surface area contributed by atoms with E-state index in [0.717, 1.165) is 30.5 Å². The highest BCUT2D eigenvalue weighted by molar-refractivity contribution is 9.10. The van der Waals surface area contributed by atoms with Gasteiger partial charge in [-0.05, 0) is 47.0 Å². The number of halogens is 1. The van der Waals surface area contributed by atoms with Crippen molar-refractivity contribution in [1.82, 2.24) is 14.9 Å². The number of urea groups is 1. The quantitative estimate of drug-likeness (QED) is 0.817. The Morgan fingerprint density at radius 1 is 1.42 bits per heavy atom. The maximum atomic E-state index is 12.8. The number of hydrogen-bond acceptors (Lipinski definition) is 4. The van der Waals surface area contributed by atoms with Crippen molar-refractivity contribution in [3.05, 3.63) is 52.0 Å². The number of hydrogen-bond donors (Lipinski definition) is 1. The van der Waals surface area contributed by atoms with E-state index in [9.17, 15) is 4.79 Å². The summed E-state index contributed by atoms with van der Waals surface area (Å²) in [5, 5.41) is 11.9. The lowest BCUT2D eigenvalue weighted by Gasteiger charge is -2.35. The number of nitriles is 1. The fourth-order valence-electron chi connectivity index (χ4n) is 3.61. The standard InChI is InChI=1S/C17H14BrN5O/c18-14-5-11(2-1-10(14)7-19)22-17(24)23-12-3-4-16(23)13-8-20-9-21-15(13)6-12/h1-2,5,8-9,12,16H,3-4,6H2,(H,22,24). The molecule has 1 fully saturated rings. The molecule has 1 saturated heterocycles. The first-order chi connectivity index (χ1) is 11.7. The summed E-state index contributed by atoms with van der Waals surface area (Å²) in [5.74, 6) is 0. The number of carbonyl (C=O) groups excluding carboxylic acids is 1. The van der Waals surface area contributed by atoms with Crippen LogP contribution in [0.2, 0.25) is 0 Å². The smallest absolute Gasteiger partial charge is 0.314 e. The number of amides is 2. The molecule has 2 aliphatic rings. The van der Waals surface area contributed by atoms with Crippen LogP contribution < -0.4 is 5.32 Å². The molecule has 0 spiro atoms. The van der Waals surface area contributed by atoms with Gasteiger partial charge in [0.2, 0.25) is 0 Å². The molecule has 6 nitrogen and oxygen atoms in total. The van der Waals surface area contributed by atoms with Crippen molar-refractivity contribution in [3.8, 4) is 6.07 Å². The molecule has 3 heterocycles. The third-order valence-corrected chi connectivity index (χ3v) is 5.35. The first-order valence-corrected chi connectivity index (χ1v) is 8.54. The van der Waals surface area contributed by atoms with Gasteiger partial charge in [-0.15, -0.1) is 0 Å². The van der Waals surface area contributed by atoms with Crippen LogP contribution >= 0.6 is 15.9 Å². The summed E-state index contributed by atoms with van der Waals surface area (Å²) in [6.45, 7) is 0. The van der Waals surface area contributed by atoms with E-state index >= 15 is 0 Å². The zero-order chi connectivity index (χ0) is 16.7. The Morgan fingerprint density at radius 3 is 3.08 bits per heavy atom. The highest BCUT2D eigenvalue weighted by atomic mass is 79.9. The van der Waals surface area contributed by atoms with Crippen LogP contribution in [0.4, 0.5) is 10.5 Å². The fraction of sp³-hybridized carbons (Fsp3) is 0.294. The molecular formula is C17H14BrN5O. The molecule has 0 saturated carbocycles. The van der Waals surface area contributed by atoms with Gasteiger partial charge in [-0.25, -0.2) is 14.8 Å². The minimum absolute atomic E-state index is 0.0433. The molecule has 0 radical (unpaired) electrons. The molecule has 7 heteroatoms. The lowest BCUT2D eigenvalue weighted by atomic mass is 10.00. The number of anilines is 1. The monoisotopic (exact) mass is 383 g/mol. The van der Waals surface area contributed by atoms with Crippen LogP contribution in [0, 0.1) is 11.3 Å². The molecule has 1 N–H and O–H groups in total. The van der Waals surface area contributed by atoms with Crippen molar-refractivity contribution in [1.29, 1.82) is 5.26 Å². The maximum absolute atomic E-state index is 12.8. The van der Waals surface area contributed by atoms with Crippen molar-refractivity contribution in [2.24, 2.45) is 0 Å². The van der Waals surface area contributed by atoms with Gasteiger partial charge in [0.15, 0.2) is 0 Å². The number of carbonyl (C=O) groups is 1. The molecule has 2 amide bonds. The van der Waals surface area contributed by atoms with Gasteiger partial charge >= 0.3 is 6.03 Å². The van der Waals surface area contributed by atoms with E-state index in [2.05, 4.69) is 37.3 Å². The van der Waals surface area contributed by atoms with E-state index in [1.807, 2.05) is 11.1 Å². The normalized spacial score (nSPS) is 21.1. The Labute approximate surface area is 147 Å². The third-order valence-electron chi connectivity index (χ3n) is 4.69. The van der Waals surface area contributed by atoms with Gasteiger partial charge in [0, 0.05) is 34.4 Å². The van der Waals surface area contributed by atoms with Crippen LogP contribution in [0.3, 0.4) is 0 Å². The van der Waals surface area contributed by atoms with Crippen LogP contribution in [0.1, 0.15) is 35.7 Å². The van der Waals surface area contributed by atoms with E-state index in [-0.39, 0.29) is 18.1 Å². The van der Waals surface area contributed by atoms with Crippen molar-refractivity contribution in [3.63, 3.8) is 0 Å². The zero-order valence-electron chi connectivity index (χ0n) is 12.7. The maximum Gasteiger partial charge on any atom is 0.322 e. The Balaban J connectivity index is 1.58. The summed E-state index contributed by atoms with van der Waals surface area (Å²) < 4.78 is 0.670. The topological polar surface area (TPSA) is 81.9 Å². The molecule has 120 valence electrons. The molecular weight excluding hydrogens is 370 g/mol. The summed E-state index contributed by atoms with van der Waals surface area (Å²) in [5.41, 5.74) is 3.32. The van der Waals surface area contributed by atoms with E-state index in [4.69, 9.17) is 5.26 Å². The lowest BCUT2D eigenvalue weighted by Crippen LogP contribution is -2.44. The average Bonchev–Trinajstić information content (AvgIpc) is 2.90. The van der Waals surface area contributed by atoms with Gasteiger partial charge in [0.25, 0.3) is 0 Å². The first kappa shape index (κ1) is 15.1. The lowest BCUT2D eigenvalue weighted by molar-refractivity contribution is 0.178. The van der Waals surface area contributed by atoms with Crippen LogP contribution in [0.5, 0.6) is 0 Å². The van der Waals surface area contributed by atoms with Gasteiger partial charge < -0.3 is 10.2 Å². The number of benzene rings is 1. The minimum atomic E-state index is -0.117. The largest absolute Gasteiger partial charge is 0.322 e. The molecule has 0 aliphatic carbocycles. The molecule has 1 aromatic carbocycles. The highest BCUT2D eigenvalue weighted by Gasteiger charge is 2.43. The Kier molecular flexibility index (Phi) is 3.69.